The third-order valence-electron chi connectivity index (χ3n) is 3.10. The molecule has 1 aliphatic rings. The van der Waals surface area contributed by atoms with Crippen molar-refractivity contribution in [2.75, 3.05) is 18.4 Å². The number of hydrogen-bond donors (Lipinski definition) is 3. The summed E-state index contributed by atoms with van der Waals surface area (Å²) in [5.41, 5.74) is 0.426. The van der Waals surface area contributed by atoms with Crippen LogP contribution in [0.3, 0.4) is 0 Å². The first-order valence-electron chi connectivity index (χ1n) is 6.14. The van der Waals surface area contributed by atoms with Gasteiger partial charge < -0.3 is 15.6 Å². The number of piperidine rings is 1. The highest BCUT2D eigenvalue weighted by molar-refractivity contribution is 5.74. The van der Waals surface area contributed by atoms with Crippen molar-refractivity contribution in [3.8, 4) is 0 Å². The smallest absolute Gasteiger partial charge is 0.249 e. The van der Waals surface area contributed by atoms with Crippen LogP contribution in [0.2, 0.25) is 0 Å². The summed E-state index contributed by atoms with van der Waals surface area (Å²) in [5, 5.41) is 7.45. The zero-order valence-corrected chi connectivity index (χ0v) is 9.94. The third kappa shape index (κ3) is 2.33. The maximum Gasteiger partial charge on any atom is 0.249 e. The molecule has 6 nitrogen and oxygen atoms in total. The molecule has 3 rings (SSSR count). The molecule has 0 bridgehead atoms. The van der Waals surface area contributed by atoms with Gasteiger partial charge in [-0.1, -0.05) is 0 Å². The normalized spacial score (nSPS) is 19.9. The number of rotatable bonds is 2. The molecule has 0 aromatic carbocycles. The molecule has 1 saturated heterocycles. The molecule has 0 saturated carbocycles. The van der Waals surface area contributed by atoms with E-state index in [9.17, 15) is 4.79 Å². The van der Waals surface area contributed by atoms with Gasteiger partial charge in [-0.2, -0.15) is 4.98 Å². The van der Waals surface area contributed by atoms with E-state index in [1.807, 2.05) is 0 Å². The van der Waals surface area contributed by atoms with Crippen LogP contribution in [0.25, 0.3) is 11.0 Å². The van der Waals surface area contributed by atoms with Crippen molar-refractivity contribution >= 4 is 17.0 Å². The topological polar surface area (TPSA) is 82.7 Å². The Morgan fingerprint density at radius 1 is 1.39 bits per heavy atom. The number of nitrogens with zero attached hydrogens (tertiary/aromatic N) is 2. The molecule has 0 radical (unpaired) electrons. The first-order chi connectivity index (χ1) is 8.81. The lowest BCUT2D eigenvalue weighted by Crippen LogP contribution is -2.38. The molecule has 0 spiro atoms. The van der Waals surface area contributed by atoms with E-state index in [0.717, 1.165) is 31.3 Å². The van der Waals surface area contributed by atoms with Gasteiger partial charge in [0.1, 0.15) is 5.65 Å². The Bertz CT molecular complexity index is 603. The number of pyridine rings is 1. The number of aromatic nitrogens is 3. The summed E-state index contributed by atoms with van der Waals surface area (Å²) in [7, 11) is 0. The molecule has 0 unspecified atom stereocenters. The van der Waals surface area contributed by atoms with Crippen molar-refractivity contribution in [1.29, 1.82) is 0 Å². The molecule has 3 N–H and O–H groups in total. The van der Waals surface area contributed by atoms with Gasteiger partial charge in [0.05, 0.1) is 0 Å². The van der Waals surface area contributed by atoms with Crippen molar-refractivity contribution in [1.82, 2.24) is 20.3 Å². The summed E-state index contributed by atoms with van der Waals surface area (Å²) >= 11 is 0. The molecule has 1 aliphatic heterocycles. The summed E-state index contributed by atoms with van der Waals surface area (Å²) in [6, 6.07) is 3.55. The van der Waals surface area contributed by atoms with Crippen LogP contribution in [0.4, 0.5) is 5.95 Å². The predicted molar refractivity (Wildman–Crippen MR) is 69.7 cm³/mol. The van der Waals surface area contributed by atoms with E-state index in [4.69, 9.17) is 0 Å². The molecular weight excluding hydrogens is 230 g/mol. The summed E-state index contributed by atoms with van der Waals surface area (Å²) in [4.78, 5) is 22.5. The van der Waals surface area contributed by atoms with Crippen LogP contribution in [-0.4, -0.2) is 34.1 Å². The van der Waals surface area contributed by atoms with Gasteiger partial charge in [0, 0.05) is 30.2 Å². The highest BCUT2D eigenvalue weighted by Gasteiger charge is 2.13. The average molecular weight is 245 g/mol. The van der Waals surface area contributed by atoms with Gasteiger partial charge >= 0.3 is 0 Å². The van der Waals surface area contributed by atoms with E-state index >= 15 is 0 Å². The Kier molecular flexibility index (Phi) is 2.93. The van der Waals surface area contributed by atoms with E-state index in [1.165, 1.54) is 6.07 Å². The van der Waals surface area contributed by atoms with E-state index in [0.29, 0.717) is 17.6 Å². The first kappa shape index (κ1) is 11.2. The van der Waals surface area contributed by atoms with Crippen LogP contribution in [0.1, 0.15) is 12.8 Å². The van der Waals surface area contributed by atoms with E-state index in [2.05, 4.69) is 25.6 Å². The number of anilines is 1. The van der Waals surface area contributed by atoms with Crippen LogP contribution in [-0.2, 0) is 0 Å². The summed E-state index contributed by atoms with van der Waals surface area (Å²) in [5.74, 6) is 0.568. The van der Waals surface area contributed by atoms with Crippen LogP contribution in [0.5, 0.6) is 0 Å². The largest absolute Gasteiger partial charge is 0.350 e. The van der Waals surface area contributed by atoms with Gasteiger partial charge in [-0.15, -0.1) is 0 Å². The Hall–Kier alpha value is -1.95. The van der Waals surface area contributed by atoms with Gasteiger partial charge in [-0.3, -0.25) is 4.79 Å². The third-order valence-corrected chi connectivity index (χ3v) is 3.10. The zero-order chi connectivity index (χ0) is 12.4. The molecular formula is C12H15N5O. The Balaban J connectivity index is 1.85. The maximum atomic E-state index is 11.2. The van der Waals surface area contributed by atoms with Crippen LogP contribution in [0.15, 0.2) is 23.1 Å². The van der Waals surface area contributed by atoms with E-state index < -0.39 is 0 Å². The van der Waals surface area contributed by atoms with E-state index in [-0.39, 0.29) is 5.56 Å². The SMILES string of the molecule is O=c1ccc2cnc(N[C@@H]3CCCNC3)nc2[nH]1. The molecule has 2 aromatic rings. The number of fused-ring (bicyclic) bond motifs is 1. The first-order valence-corrected chi connectivity index (χ1v) is 6.14. The van der Waals surface area contributed by atoms with Crippen LogP contribution < -0.4 is 16.2 Å². The molecule has 1 atom stereocenters. The van der Waals surface area contributed by atoms with Gasteiger partial charge in [0.2, 0.25) is 11.5 Å². The van der Waals surface area contributed by atoms with Crippen molar-refractivity contribution < 1.29 is 0 Å². The molecule has 3 heterocycles. The number of aromatic amines is 1. The fraction of sp³-hybridized carbons (Fsp3) is 0.417. The van der Waals surface area contributed by atoms with Crippen LogP contribution in [0, 0.1) is 0 Å². The maximum absolute atomic E-state index is 11.2. The molecule has 1 fully saturated rings. The minimum absolute atomic E-state index is 0.147. The predicted octanol–water partition coefficient (Wildman–Crippen LogP) is 0.482. The Morgan fingerprint density at radius 3 is 3.17 bits per heavy atom. The molecule has 0 amide bonds. The van der Waals surface area contributed by atoms with Crippen molar-refractivity contribution in [3.63, 3.8) is 0 Å². The fourth-order valence-corrected chi connectivity index (χ4v) is 2.16. The highest BCUT2D eigenvalue weighted by atomic mass is 16.1. The van der Waals surface area contributed by atoms with Crippen molar-refractivity contribution in [2.24, 2.45) is 0 Å². The lowest BCUT2D eigenvalue weighted by atomic mass is 10.1. The number of nitrogens with one attached hydrogen (secondary N) is 3. The monoisotopic (exact) mass is 245 g/mol. The van der Waals surface area contributed by atoms with Gasteiger partial charge in [0.25, 0.3) is 0 Å². The van der Waals surface area contributed by atoms with Crippen molar-refractivity contribution in [3.05, 3.63) is 28.7 Å². The molecule has 2 aromatic heterocycles. The summed E-state index contributed by atoms with van der Waals surface area (Å²) in [6.07, 6.45) is 3.98. The lowest BCUT2D eigenvalue weighted by Gasteiger charge is -2.23. The van der Waals surface area contributed by atoms with E-state index in [1.54, 1.807) is 12.3 Å². The zero-order valence-electron chi connectivity index (χ0n) is 9.94. The standard InChI is InChI=1S/C12H15N5O/c18-10-4-3-8-6-14-12(17-11(8)16-10)15-9-2-1-5-13-7-9/h3-4,6,9,13H,1-2,5,7H2,(H2,14,15,16,17,18)/t9-/m1/s1. The minimum Gasteiger partial charge on any atom is -0.350 e. The summed E-state index contributed by atoms with van der Waals surface area (Å²) in [6.45, 7) is 2.00. The Labute approximate surface area is 104 Å². The highest BCUT2D eigenvalue weighted by Crippen LogP contribution is 2.11. The van der Waals surface area contributed by atoms with Gasteiger partial charge in [-0.05, 0) is 25.5 Å². The second-order valence-corrected chi connectivity index (χ2v) is 4.51. The second-order valence-electron chi connectivity index (χ2n) is 4.51. The molecule has 94 valence electrons. The van der Waals surface area contributed by atoms with Crippen LogP contribution >= 0.6 is 0 Å². The van der Waals surface area contributed by atoms with Gasteiger partial charge in [-0.25, -0.2) is 4.98 Å². The lowest BCUT2D eigenvalue weighted by molar-refractivity contribution is 0.478. The second kappa shape index (κ2) is 4.73. The average Bonchev–Trinajstić information content (AvgIpc) is 2.39. The fourth-order valence-electron chi connectivity index (χ4n) is 2.16. The number of H-pyrrole nitrogens is 1. The quantitative estimate of drug-likeness (QED) is 0.717. The molecule has 6 heteroatoms. The number of hydrogen-bond acceptors (Lipinski definition) is 5. The molecule has 18 heavy (non-hydrogen) atoms. The Morgan fingerprint density at radius 2 is 2.33 bits per heavy atom. The molecule has 0 aliphatic carbocycles. The minimum atomic E-state index is -0.147. The van der Waals surface area contributed by atoms with Crippen molar-refractivity contribution in [2.45, 2.75) is 18.9 Å². The summed E-state index contributed by atoms with van der Waals surface area (Å²) < 4.78 is 0. The van der Waals surface area contributed by atoms with Gasteiger partial charge in [0.15, 0.2) is 0 Å².